The lowest BCUT2D eigenvalue weighted by atomic mass is 9.92. The normalized spacial score (nSPS) is 13.6. The minimum atomic E-state index is -0.0214. The van der Waals surface area contributed by atoms with Crippen LogP contribution in [0.15, 0.2) is 55.1 Å². The molecule has 0 atom stereocenters. The number of hydrogen-bond donors (Lipinski definition) is 0. The highest BCUT2D eigenvalue weighted by Gasteiger charge is 2.23. The van der Waals surface area contributed by atoms with Crippen molar-refractivity contribution in [1.82, 2.24) is 0 Å². The molecule has 0 saturated carbocycles. The summed E-state index contributed by atoms with van der Waals surface area (Å²) in [6.45, 7) is 4.73. The molecule has 3 nitrogen and oxygen atoms in total. The van der Waals surface area contributed by atoms with Gasteiger partial charge in [0.15, 0.2) is 0 Å². The van der Waals surface area contributed by atoms with Gasteiger partial charge in [-0.25, -0.2) is 0 Å². The number of fused-ring (bicyclic) bond motifs is 2. The van der Waals surface area contributed by atoms with Gasteiger partial charge in [-0.2, -0.15) is 0 Å². The Morgan fingerprint density at radius 2 is 1.78 bits per heavy atom. The van der Waals surface area contributed by atoms with Gasteiger partial charge < -0.3 is 9.69 Å². The first-order valence-electron chi connectivity index (χ1n) is 7.78. The second kappa shape index (κ2) is 6.61. The maximum Gasteiger partial charge on any atom is 0.227 e. The molecule has 116 valence electrons. The van der Waals surface area contributed by atoms with Gasteiger partial charge in [-0.05, 0) is 34.8 Å². The van der Waals surface area contributed by atoms with E-state index in [1.54, 1.807) is 4.90 Å². The molecule has 23 heavy (non-hydrogen) atoms. The predicted octanol–water partition coefficient (Wildman–Crippen LogP) is 3.77. The number of nitrogens with zero attached hydrogens (tertiary/aromatic N) is 1. The average molecular weight is 305 g/mol. The molecule has 3 rings (SSSR count). The smallest absolute Gasteiger partial charge is 0.227 e. The van der Waals surface area contributed by atoms with E-state index in [1.165, 1.54) is 0 Å². The maximum absolute atomic E-state index is 12.6. The van der Waals surface area contributed by atoms with Crippen LogP contribution in [0.5, 0.6) is 0 Å². The molecule has 1 aliphatic rings. The number of benzene rings is 2. The Kier molecular flexibility index (Phi) is 4.38. The molecule has 0 aliphatic carbocycles. The van der Waals surface area contributed by atoms with Crippen LogP contribution in [0, 0.1) is 0 Å². The number of aldehydes is 1. The molecule has 0 radical (unpaired) electrons. The Morgan fingerprint density at radius 3 is 2.57 bits per heavy atom. The Hall–Kier alpha value is -2.68. The van der Waals surface area contributed by atoms with Crippen molar-refractivity contribution >= 4 is 23.5 Å². The average Bonchev–Trinajstić information content (AvgIpc) is 2.57. The van der Waals surface area contributed by atoms with Crippen molar-refractivity contribution in [1.29, 1.82) is 0 Å². The molecule has 1 aliphatic heterocycles. The van der Waals surface area contributed by atoms with Gasteiger partial charge in [0.05, 0.1) is 6.54 Å². The second-order valence-electron chi connectivity index (χ2n) is 5.75. The number of allylic oxidation sites excluding steroid dienone is 1. The predicted molar refractivity (Wildman–Crippen MR) is 92.1 cm³/mol. The molecule has 3 heteroatoms. The zero-order valence-corrected chi connectivity index (χ0v) is 13.0. The van der Waals surface area contributed by atoms with Crippen LogP contribution in [-0.4, -0.2) is 12.2 Å². The van der Waals surface area contributed by atoms with Crippen molar-refractivity contribution in [3.8, 4) is 0 Å². The van der Waals surface area contributed by atoms with E-state index in [4.69, 9.17) is 0 Å². The molecular weight excluding hydrogens is 286 g/mol. The molecule has 0 aromatic heterocycles. The quantitative estimate of drug-likeness (QED) is 0.810. The van der Waals surface area contributed by atoms with Gasteiger partial charge in [-0.3, -0.25) is 4.79 Å². The summed E-state index contributed by atoms with van der Waals surface area (Å²) < 4.78 is 0. The van der Waals surface area contributed by atoms with Crippen molar-refractivity contribution < 1.29 is 9.59 Å². The summed E-state index contributed by atoms with van der Waals surface area (Å²) in [5.74, 6) is -0.0214. The van der Waals surface area contributed by atoms with E-state index in [2.05, 4.69) is 12.6 Å². The van der Waals surface area contributed by atoms with Gasteiger partial charge in [0.1, 0.15) is 6.29 Å². The van der Waals surface area contributed by atoms with Crippen LogP contribution in [0.1, 0.15) is 29.5 Å². The minimum absolute atomic E-state index is 0.0214. The first-order valence-corrected chi connectivity index (χ1v) is 7.78. The van der Waals surface area contributed by atoms with Gasteiger partial charge in [0, 0.05) is 18.5 Å². The number of carbonyl (C=O) groups excluding carboxylic acids is 2. The summed E-state index contributed by atoms with van der Waals surface area (Å²) in [4.78, 5) is 25.0. The third-order valence-electron chi connectivity index (χ3n) is 4.19. The Labute approximate surface area is 136 Å². The first-order chi connectivity index (χ1) is 11.2. The summed E-state index contributed by atoms with van der Waals surface area (Å²) in [5.41, 5.74) is 5.26. The van der Waals surface area contributed by atoms with Gasteiger partial charge in [-0.15, -0.1) is 0 Å². The van der Waals surface area contributed by atoms with E-state index in [-0.39, 0.29) is 18.7 Å². The highest BCUT2D eigenvalue weighted by atomic mass is 16.2. The second-order valence-corrected chi connectivity index (χ2v) is 5.75. The lowest BCUT2D eigenvalue weighted by Crippen LogP contribution is -2.32. The summed E-state index contributed by atoms with van der Waals surface area (Å²) in [6, 6.07) is 16.0. The lowest BCUT2D eigenvalue weighted by molar-refractivity contribution is -0.120. The standard InChI is InChI=1S/C20H19NO2/c1-15-13-16-7-3-5-10-19(16)21(20(23)11-6-12-22)14-17-8-2-4-9-18(15)17/h2-5,7-10,12H,1,6,11,13-14H2. The molecule has 2 aromatic rings. The van der Waals surface area contributed by atoms with Crippen LogP contribution < -0.4 is 4.90 Å². The summed E-state index contributed by atoms with van der Waals surface area (Å²) >= 11 is 0. The SMILES string of the molecule is C=C1Cc2ccccc2N(C(=O)CCC=O)Cc2ccccc21. The van der Waals surface area contributed by atoms with Gasteiger partial charge in [0.25, 0.3) is 0 Å². The number of amides is 1. The van der Waals surface area contributed by atoms with Crippen LogP contribution in [0.4, 0.5) is 5.69 Å². The number of carbonyl (C=O) groups is 2. The molecule has 0 spiro atoms. The molecule has 0 bridgehead atoms. The Bertz CT molecular complexity index is 764. The molecule has 0 unspecified atom stereocenters. The highest BCUT2D eigenvalue weighted by molar-refractivity contribution is 5.95. The van der Waals surface area contributed by atoms with E-state index in [1.807, 2.05) is 42.5 Å². The zero-order chi connectivity index (χ0) is 16.2. The van der Waals surface area contributed by atoms with E-state index >= 15 is 0 Å². The summed E-state index contributed by atoms with van der Waals surface area (Å²) in [5, 5.41) is 0. The minimum Gasteiger partial charge on any atom is -0.308 e. The Morgan fingerprint density at radius 1 is 1.09 bits per heavy atom. The molecule has 1 amide bonds. The topological polar surface area (TPSA) is 37.4 Å². The fraction of sp³-hybridized carbons (Fsp3) is 0.200. The van der Waals surface area contributed by atoms with Gasteiger partial charge >= 0.3 is 0 Å². The Balaban J connectivity index is 2.06. The van der Waals surface area contributed by atoms with Crippen LogP contribution >= 0.6 is 0 Å². The van der Waals surface area contributed by atoms with Crippen LogP contribution in [-0.2, 0) is 22.6 Å². The maximum atomic E-state index is 12.6. The molecule has 0 saturated heterocycles. The number of para-hydroxylation sites is 1. The highest BCUT2D eigenvalue weighted by Crippen LogP contribution is 2.33. The van der Waals surface area contributed by atoms with E-state index in [0.29, 0.717) is 13.0 Å². The van der Waals surface area contributed by atoms with E-state index < -0.39 is 0 Å². The zero-order valence-electron chi connectivity index (χ0n) is 13.0. The van der Waals surface area contributed by atoms with Crippen molar-refractivity contribution in [3.63, 3.8) is 0 Å². The van der Waals surface area contributed by atoms with Gasteiger partial charge in [-0.1, -0.05) is 49.0 Å². The number of anilines is 1. The van der Waals surface area contributed by atoms with E-state index in [0.717, 1.165) is 34.2 Å². The molecule has 0 N–H and O–H groups in total. The molecule has 1 heterocycles. The van der Waals surface area contributed by atoms with Gasteiger partial charge in [0.2, 0.25) is 5.91 Å². The van der Waals surface area contributed by atoms with Crippen LogP contribution in [0.3, 0.4) is 0 Å². The molecule has 0 fully saturated rings. The molecule has 2 aromatic carbocycles. The number of hydrogen-bond acceptors (Lipinski definition) is 2. The summed E-state index contributed by atoms with van der Waals surface area (Å²) in [6.07, 6.45) is 2.00. The van der Waals surface area contributed by atoms with Crippen molar-refractivity contribution in [2.24, 2.45) is 0 Å². The number of rotatable bonds is 3. The monoisotopic (exact) mass is 305 g/mol. The van der Waals surface area contributed by atoms with Crippen molar-refractivity contribution in [3.05, 3.63) is 71.8 Å². The third kappa shape index (κ3) is 3.09. The van der Waals surface area contributed by atoms with E-state index in [9.17, 15) is 9.59 Å². The van der Waals surface area contributed by atoms with Crippen LogP contribution in [0.2, 0.25) is 0 Å². The summed E-state index contributed by atoms with van der Waals surface area (Å²) in [7, 11) is 0. The largest absolute Gasteiger partial charge is 0.308 e. The third-order valence-corrected chi connectivity index (χ3v) is 4.19. The van der Waals surface area contributed by atoms with Crippen LogP contribution in [0.25, 0.3) is 5.57 Å². The van der Waals surface area contributed by atoms with Crippen molar-refractivity contribution in [2.45, 2.75) is 25.8 Å². The fourth-order valence-electron chi connectivity index (χ4n) is 3.05. The lowest BCUT2D eigenvalue weighted by Gasteiger charge is -2.29. The van der Waals surface area contributed by atoms with Crippen molar-refractivity contribution in [2.75, 3.05) is 4.90 Å². The fourth-order valence-corrected chi connectivity index (χ4v) is 3.05. The first kappa shape index (κ1) is 15.2. The molecular formula is C20H19NO2.